The summed E-state index contributed by atoms with van der Waals surface area (Å²) in [6.07, 6.45) is 0. The average molecular weight is 307 g/mol. The Morgan fingerprint density at radius 2 is 1.89 bits per heavy atom. The Morgan fingerprint density at radius 3 is 2.37 bits per heavy atom. The normalized spacial score (nSPS) is 10.9. The van der Waals surface area contributed by atoms with E-state index in [9.17, 15) is 9.59 Å². The maximum atomic E-state index is 11.5. The van der Waals surface area contributed by atoms with Crippen LogP contribution < -0.4 is 5.32 Å². The molecule has 0 aromatic rings. The summed E-state index contributed by atoms with van der Waals surface area (Å²) in [5.74, 6) is -0.458. The fraction of sp³-hybridized carbons (Fsp3) is 0.636. The first-order valence-corrected chi connectivity index (χ1v) is 9.19. The van der Waals surface area contributed by atoms with Crippen LogP contribution >= 0.6 is 11.8 Å². The summed E-state index contributed by atoms with van der Waals surface area (Å²) in [7, 11) is 0.914. The van der Waals surface area contributed by atoms with Crippen molar-refractivity contribution in [1.29, 1.82) is 0 Å². The maximum absolute atomic E-state index is 11.5. The van der Waals surface area contributed by atoms with Crippen molar-refractivity contribution in [3.8, 4) is 0 Å². The van der Waals surface area contributed by atoms with Gasteiger partial charge in [0.25, 0.3) is 5.24 Å². The van der Waals surface area contributed by atoms with E-state index in [1.807, 2.05) is 6.55 Å². The molecule has 0 aromatic heterocycles. The van der Waals surface area contributed by atoms with Crippen molar-refractivity contribution in [2.24, 2.45) is 0 Å². The molecular weight excluding hydrogens is 286 g/mol. The van der Waals surface area contributed by atoms with E-state index in [1.165, 1.54) is 0 Å². The van der Waals surface area contributed by atoms with E-state index in [-0.39, 0.29) is 18.4 Å². The molecule has 0 fully saturated rings. The molecule has 8 heteroatoms. The van der Waals surface area contributed by atoms with Crippen LogP contribution in [-0.4, -0.2) is 52.5 Å². The van der Waals surface area contributed by atoms with Crippen LogP contribution in [0.3, 0.4) is 0 Å². The highest BCUT2D eigenvalue weighted by molar-refractivity contribution is 8.14. The fourth-order valence-electron chi connectivity index (χ4n) is 0.869. The van der Waals surface area contributed by atoms with Gasteiger partial charge in [-0.15, -0.1) is 0 Å². The van der Waals surface area contributed by atoms with Crippen LogP contribution in [0.1, 0.15) is 6.92 Å². The van der Waals surface area contributed by atoms with Crippen LogP contribution in [0.5, 0.6) is 0 Å². The molecule has 1 N–H and O–H groups in total. The highest BCUT2D eigenvalue weighted by Gasteiger charge is 2.29. The molecule has 1 amide bonds. The zero-order valence-corrected chi connectivity index (χ0v) is 13.6. The summed E-state index contributed by atoms with van der Waals surface area (Å²) >= 11 is 1.10. The van der Waals surface area contributed by atoms with Crippen LogP contribution in [0.2, 0.25) is 6.55 Å². The zero-order chi connectivity index (χ0) is 14.9. The van der Waals surface area contributed by atoms with Gasteiger partial charge in [0.15, 0.2) is 0 Å². The lowest BCUT2D eigenvalue weighted by Gasteiger charge is -2.21. The largest absolute Gasteiger partial charge is 0.460 e. The first kappa shape index (κ1) is 18.2. The molecule has 19 heavy (non-hydrogen) atoms. The van der Waals surface area contributed by atoms with Crippen molar-refractivity contribution in [3.63, 3.8) is 0 Å². The summed E-state index contributed by atoms with van der Waals surface area (Å²) in [6.45, 7) is 7.29. The number of hydrogen-bond acceptors (Lipinski definition) is 6. The Balaban J connectivity index is 3.77. The van der Waals surface area contributed by atoms with Crippen LogP contribution in [-0.2, 0) is 18.4 Å². The van der Waals surface area contributed by atoms with E-state index in [0.29, 0.717) is 10.9 Å². The number of thioether (sulfide) groups is 1. The van der Waals surface area contributed by atoms with Gasteiger partial charge in [-0.1, -0.05) is 18.3 Å². The molecule has 0 aliphatic rings. The van der Waals surface area contributed by atoms with Crippen molar-refractivity contribution in [3.05, 3.63) is 12.2 Å². The molecule has 0 aliphatic heterocycles. The summed E-state index contributed by atoms with van der Waals surface area (Å²) in [5.41, 5.74) is 0.336. The third-order valence-electron chi connectivity index (χ3n) is 2.28. The third-order valence-corrected chi connectivity index (χ3v) is 7.09. The lowest BCUT2D eigenvalue weighted by molar-refractivity contribution is -0.138. The highest BCUT2D eigenvalue weighted by Crippen LogP contribution is 2.13. The van der Waals surface area contributed by atoms with Gasteiger partial charge in [0.05, 0.1) is 6.54 Å². The number of esters is 1. The van der Waals surface area contributed by atoms with Crippen LogP contribution in [0.15, 0.2) is 12.2 Å². The van der Waals surface area contributed by atoms with Gasteiger partial charge in [0.1, 0.15) is 6.61 Å². The van der Waals surface area contributed by atoms with Crippen molar-refractivity contribution in [1.82, 2.24) is 5.32 Å². The number of amides is 1. The molecule has 0 spiro atoms. The molecule has 0 bridgehead atoms. The van der Waals surface area contributed by atoms with E-state index >= 15 is 0 Å². The number of carbonyl (C=O) groups excluding carboxylic acids is 2. The Hall–Kier alpha value is -0.833. The molecule has 0 heterocycles. The van der Waals surface area contributed by atoms with Crippen molar-refractivity contribution < 1.29 is 23.2 Å². The maximum Gasteiger partial charge on any atom is 0.345 e. The Labute approximate surface area is 119 Å². The minimum absolute atomic E-state index is 0.126. The SMILES string of the molecule is C=C(C)C(=O)OCCNC(=O)SC[Si](C)(OC)OC. The predicted octanol–water partition coefficient (Wildman–Crippen LogP) is 1.45. The molecule has 6 nitrogen and oxygen atoms in total. The van der Waals surface area contributed by atoms with E-state index in [2.05, 4.69) is 11.9 Å². The minimum Gasteiger partial charge on any atom is -0.460 e. The van der Waals surface area contributed by atoms with Gasteiger partial charge in [-0.05, 0) is 13.5 Å². The van der Waals surface area contributed by atoms with E-state index in [0.717, 1.165) is 11.8 Å². The molecule has 0 saturated heterocycles. The quantitative estimate of drug-likeness (QED) is 0.317. The lowest BCUT2D eigenvalue weighted by Crippen LogP contribution is -2.40. The third kappa shape index (κ3) is 8.04. The van der Waals surface area contributed by atoms with Gasteiger partial charge < -0.3 is 18.9 Å². The molecule has 0 unspecified atom stereocenters. The molecule has 0 aromatic carbocycles. The van der Waals surface area contributed by atoms with E-state index in [4.69, 9.17) is 13.6 Å². The molecule has 0 aliphatic carbocycles. The molecular formula is C11H21NO5SSi. The van der Waals surface area contributed by atoms with Crippen molar-refractivity contribution in [2.45, 2.75) is 13.5 Å². The molecule has 0 rings (SSSR count). The monoisotopic (exact) mass is 307 g/mol. The van der Waals surface area contributed by atoms with Gasteiger partial charge in [0.2, 0.25) is 0 Å². The second-order valence-electron chi connectivity index (χ2n) is 3.96. The lowest BCUT2D eigenvalue weighted by atomic mass is 10.4. The fourth-order valence-corrected chi connectivity index (χ4v) is 3.76. The van der Waals surface area contributed by atoms with Crippen LogP contribution in [0.4, 0.5) is 4.79 Å². The second kappa shape index (κ2) is 9.13. The number of nitrogens with one attached hydrogen (secondary N) is 1. The molecule has 0 radical (unpaired) electrons. The molecule has 0 saturated carbocycles. The summed E-state index contributed by atoms with van der Waals surface area (Å²) in [5, 5.41) is 2.93. The van der Waals surface area contributed by atoms with Crippen molar-refractivity contribution >= 4 is 31.5 Å². The number of ether oxygens (including phenoxy) is 1. The van der Waals surface area contributed by atoms with Crippen molar-refractivity contribution in [2.75, 3.05) is 32.7 Å². The Bertz CT molecular complexity index is 333. The highest BCUT2D eigenvalue weighted by atomic mass is 32.2. The minimum atomic E-state index is -2.24. The number of hydrogen-bond donors (Lipinski definition) is 1. The summed E-state index contributed by atoms with van der Waals surface area (Å²) < 4.78 is 15.4. The summed E-state index contributed by atoms with van der Waals surface area (Å²) in [4.78, 5) is 22.6. The first-order valence-electron chi connectivity index (χ1n) is 5.68. The average Bonchev–Trinajstić information content (AvgIpc) is 2.40. The first-order chi connectivity index (χ1) is 8.84. The van der Waals surface area contributed by atoms with Gasteiger partial charge in [-0.2, -0.15) is 0 Å². The number of rotatable bonds is 8. The smallest absolute Gasteiger partial charge is 0.345 e. The predicted molar refractivity (Wildman–Crippen MR) is 77.3 cm³/mol. The molecule has 0 atom stereocenters. The standard InChI is InChI=1S/C11H21NO5SSi/c1-9(2)10(13)17-7-6-12-11(14)18-8-19(5,15-3)16-4/h1,6-8H2,2-5H3,(H,12,14). The summed E-state index contributed by atoms with van der Waals surface area (Å²) in [6, 6.07) is 0. The van der Waals surface area contributed by atoms with Gasteiger partial charge in [-0.25, -0.2) is 4.79 Å². The Kier molecular flexibility index (Phi) is 8.73. The zero-order valence-electron chi connectivity index (χ0n) is 11.8. The second-order valence-corrected chi connectivity index (χ2v) is 8.86. The van der Waals surface area contributed by atoms with E-state index < -0.39 is 14.5 Å². The Morgan fingerprint density at radius 1 is 1.32 bits per heavy atom. The van der Waals surface area contributed by atoms with Gasteiger partial charge >= 0.3 is 14.5 Å². The number of carbonyl (C=O) groups is 2. The van der Waals surface area contributed by atoms with Crippen LogP contribution in [0.25, 0.3) is 0 Å². The molecule has 110 valence electrons. The van der Waals surface area contributed by atoms with Crippen LogP contribution in [0, 0.1) is 0 Å². The van der Waals surface area contributed by atoms with Gasteiger partial charge in [0, 0.05) is 25.2 Å². The van der Waals surface area contributed by atoms with Gasteiger partial charge in [-0.3, -0.25) is 4.79 Å². The topological polar surface area (TPSA) is 73.9 Å². The van der Waals surface area contributed by atoms with E-state index in [1.54, 1.807) is 21.1 Å².